The van der Waals surface area contributed by atoms with E-state index in [0.29, 0.717) is 29.2 Å². The first-order valence-corrected chi connectivity index (χ1v) is 8.84. The number of nitrogens with zero attached hydrogens (tertiary/aromatic N) is 2. The van der Waals surface area contributed by atoms with Gasteiger partial charge in [-0.25, -0.2) is 0 Å². The van der Waals surface area contributed by atoms with Gasteiger partial charge in [0.15, 0.2) is 6.10 Å². The molecule has 1 saturated heterocycles. The van der Waals surface area contributed by atoms with E-state index in [2.05, 4.69) is 0 Å². The number of phenolic OH excluding ortho intramolecular Hbond substituents is 1. The van der Waals surface area contributed by atoms with E-state index in [1.54, 1.807) is 11.0 Å². The minimum atomic E-state index is -1.55. The number of carbonyl (C=O) groups excluding carboxylic acids is 2. The summed E-state index contributed by atoms with van der Waals surface area (Å²) in [5, 5.41) is 29.3. The quantitative estimate of drug-likeness (QED) is 0.704. The molecule has 2 amide bonds. The highest BCUT2D eigenvalue weighted by Gasteiger charge is 2.36. The van der Waals surface area contributed by atoms with Gasteiger partial charge in [0.05, 0.1) is 23.2 Å². The topological polar surface area (TPSA) is 101 Å². The van der Waals surface area contributed by atoms with E-state index in [1.807, 2.05) is 0 Å². The van der Waals surface area contributed by atoms with Crippen LogP contribution in [0.4, 0.5) is 0 Å². The van der Waals surface area contributed by atoms with Gasteiger partial charge < -0.3 is 25.1 Å². The van der Waals surface area contributed by atoms with Crippen molar-refractivity contribution < 1.29 is 24.9 Å². The van der Waals surface area contributed by atoms with Crippen molar-refractivity contribution in [2.75, 3.05) is 26.2 Å². The van der Waals surface area contributed by atoms with Crippen molar-refractivity contribution >= 4 is 35.0 Å². The number of aromatic hydroxyl groups is 1. The van der Waals surface area contributed by atoms with Crippen LogP contribution < -0.4 is 0 Å². The number of phenols is 1. The molecule has 2 aliphatic rings. The summed E-state index contributed by atoms with van der Waals surface area (Å²) in [7, 11) is 0. The largest absolute Gasteiger partial charge is 0.508 e. The third kappa shape index (κ3) is 3.40. The molecule has 0 spiro atoms. The molecule has 0 radical (unpaired) electrons. The number of piperazine rings is 1. The highest BCUT2D eigenvalue weighted by atomic mass is 35.5. The molecule has 0 bridgehead atoms. The second-order valence-corrected chi connectivity index (χ2v) is 7.07. The first kappa shape index (κ1) is 19.0. The van der Waals surface area contributed by atoms with Gasteiger partial charge in [0.25, 0.3) is 5.91 Å². The molecule has 3 rings (SSSR count). The third-order valence-corrected chi connectivity index (χ3v) is 5.45. The zero-order chi connectivity index (χ0) is 19.0. The number of halogens is 2. The Balaban J connectivity index is 1.92. The van der Waals surface area contributed by atoms with Gasteiger partial charge in [-0.15, -0.1) is 0 Å². The Morgan fingerprint density at radius 1 is 1.31 bits per heavy atom. The minimum Gasteiger partial charge on any atom is -0.508 e. The molecule has 0 aliphatic carbocycles. The zero-order valence-corrected chi connectivity index (χ0v) is 15.2. The maximum Gasteiger partial charge on any atom is 0.254 e. The molecular formula is C17H18Cl2N2O5. The van der Waals surface area contributed by atoms with E-state index in [9.17, 15) is 19.8 Å². The van der Waals surface area contributed by atoms with Gasteiger partial charge in [0.2, 0.25) is 5.91 Å². The molecule has 1 aromatic carbocycles. The van der Waals surface area contributed by atoms with Crippen LogP contribution in [0, 0.1) is 0 Å². The molecule has 1 fully saturated rings. The summed E-state index contributed by atoms with van der Waals surface area (Å²) in [6.07, 6.45) is 0.778. The minimum absolute atomic E-state index is 0.0143. The predicted octanol–water partition coefficient (Wildman–Crippen LogP) is 1.09. The Morgan fingerprint density at radius 2 is 2.04 bits per heavy atom. The van der Waals surface area contributed by atoms with Gasteiger partial charge in [-0.3, -0.25) is 9.59 Å². The first-order chi connectivity index (χ1) is 12.3. The van der Waals surface area contributed by atoms with Crippen LogP contribution in [0.15, 0.2) is 23.9 Å². The van der Waals surface area contributed by atoms with Crippen LogP contribution in [-0.4, -0.2) is 69.3 Å². The fourth-order valence-electron chi connectivity index (χ4n) is 3.32. The van der Waals surface area contributed by atoms with E-state index in [4.69, 9.17) is 28.3 Å². The number of carbonyl (C=O) groups is 2. The van der Waals surface area contributed by atoms with E-state index in [0.717, 1.165) is 0 Å². The van der Waals surface area contributed by atoms with Crippen LogP contribution in [-0.2, 0) is 9.59 Å². The maximum absolute atomic E-state index is 12.3. The highest BCUT2D eigenvalue weighted by Crippen LogP contribution is 2.42. The summed E-state index contributed by atoms with van der Waals surface area (Å²) in [4.78, 5) is 27.2. The van der Waals surface area contributed by atoms with Crippen LogP contribution in [0.25, 0.3) is 0 Å². The van der Waals surface area contributed by atoms with Crippen LogP contribution >= 0.6 is 23.2 Å². The maximum atomic E-state index is 12.3. The Kier molecular flexibility index (Phi) is 5.43. The standard InChI is InChI=1S/C17H18Cl2N2O5/c18-11-1-2-12(23)15(16(11)19)9-3-4-21-10(5-9)6-20(7-14(21)25)17(26)13(24)8-22/h1-2,5,9,13,22-24H,3-4,6-8H2/t9-,13-/m0/s1. The van der Waals surface area contributed by atoms with E-state index in [-0.39, 0.29) is 35.7 Å². The van der Waals surface area contributed by atoms with E-state index >= 15 is 0 Å². The molecule has 26 heavy (non-hydrogen) atoms. The molecule has 2 aliphatic heterocycles. The Hall–Kier alpha value is -1.80. The molecule has 0 unspecified atom stereocenters. The fourth-order valence-corrected chi connectivity index (χ4v) is 3.79. The van der Waals surface area contributed by atoms with Crippen molar-refractivity contribution in [3.8, 4) is 5.75 Å². The number of aliphatic hydroxyl groups is 2. The number of benzene rings is 1. The molecule has 140 valence electrons. The van der Waals surface area contributed by atoms with Crippen LogP contribution in [0.1, 0.15) is 17.9 Å². The van der Waals surface area contributed by atoms with Crippen molar-refractivity contribution in [2.45, 2.75) is 18.4 Å². The molecule has 0 saturated carbocycles. The summed E-state index contributed by atoms with van der Waals surface area (Å²) >= 11 is 12.3. The number of hydrogen-bond donors (Lipinski definition) is 3. The Labute approximate surface area is 160 Å². The molecule has 2 atom stereocenters. The third-order valence-electron chi connectivity index (χ3n) is 4.63. The molecule has 9 heteroatoms. The lowest BCUT2D eigenvalue weighted by Crippen LogP contribution is -2.54. The Morgan fingerprint density at radius 3 is 2.73 bits per heavy atom. The van der Waals surface area contributed by atoms with Gasteiger partial charge in [0, 0.05) is 23.7 Å². The monoisotopic (exact) mass is 400 g/mol. The SMILES string of the molecule is O=C([C@@H](O)CO)N1CC(=O)N2CC[C@H](c3c(O)ccc(Cl)c3Cl)C=C2C1. The lowest BCUT2D eigenvalue weighted by molar-refractivity contribution is -0.149. The van der Waals surface area contributed by atoms with Gasteiger partial charge in [-0.1, -0.05) is 29.3 Å². The second kappa shape index (κ2) is 7.44. The molecule has 0 aromatic heterocycles. The van der Waals surface area contributed by atoms with Crippen LogP contribution in [0.2, 0.25) is 10.0 Å². The normalized spacial score (nSPS) is 21.3. The second-order valence-electron chi connectivity index (χ2n) is 6.29. The summed E-state index contributed by atoms with van der Waals surface area (Å²) in [6, 6.07) is 2.97. The number of aliphatic hydroxyl groups excluding tert-OH is 2. The molecule has 2 heterocycles. The smallest absolute Gasteiger partial charge is 0.254 e. The van der Waals surface area contributed by atoms with Gasteiger partial charge in [0.1, 0.15) is 12.3 Å². The van der Waals surface area contributed by atoms with E-state index < -0.39 is 18.6 Å². The zero-order valence-electron chi connectivity index (χ0n) is 13.7. The number of rotatable bonds is 3. The van der Waals surface area contributed by atoms with Gasteiger partial charge in [-0.2, -0.15) is 0 Å². The number of fused-ring (bicyclic) bond motifs is 1. The predicted molar refractivity (Wildman–Crippen MR) is 95.0 cm³/mol. The lowest BCUT2D eigenvalue weighted by Gasteiger charge is -2.40. The van der Waals surface area contributed by atoms with Crippen molar-refractivity contribution in [1.29, 1.82) is 0 Å². The summed E-state index contributed by atoms with van der Waals surface area (Å²) in [6.45, 7) is -0.318. The lowest BCUT2D eigenvalue weighted by atomic mass is 9.90. The molecular weight excluding hydrogens is 383 g/mol. The Bertz CT molecular complexity index is 783. The number of hydrogen-bond acceptors (Lipinski definition) is 5. The molecule has 1 aromatic rings. The van der Waals surface area contributed by atoms with Crippen molar-refractivity contribution in [1.82, 2.24) is 9.80 Å². The molecule has 7 nitrogen and oxygen atoms in total. The average molecular weight is 401 g/mol. The van der Waals surface area contributed by atoms with Gasteiger partial charge in [-0.05, 0) is 18.6 Å². The molecule has 3 N–H and O–H groups in total. The summed E-state index contributed by atoms with van der Waals surface area (Å²) in [5.74, 6) is -1.22. The van der Waals surface area contributed by atoms with E-state index in [1.165, 1.54) is 17.0 Å². The highest BCUT2D eigenvalue weighted by molar-refractivity contribution is 6.42. The van der Waals surface area contributed by atoms with Gasteiger partial charge >= 0.3 is 0 Å². The van der Waals surface area contributed by atoms with Crippen molar-refractivity contribution in [3.63, 3.8) is 0 Å². The first-order valence-electron chi connectivity index (χ1n) is 8.09. The fraction of sp³-hybridized carbons (Fsp3) is 0.412. The summed E-state index contributed by atoms with van der Waals surface area (Å²) in [5.41, 5.74) is 1.07. The van der Waals surface area contributed by atoms with Crippen molar-refractivity contribution in [2.24, 2.45) is 0 Å². The van der Waals surface area contributed by atoms with Crippen LogP contribution in [0.3, 0.4) is 0 Å². The van der Waals surface area contributed by atoms with Crippen molar-refractivity contribution in [3.05, 3.63) is 39.5 Å². The number of allylic oxidation sites excluding steroid dienone is 1. The number of amides is 2. The van der Waals surface area contributed by atoms with Crippen LogP contribution in [0.5, 0.6) is 5.75 Å². The summed E-state index contributed by atoms with van der Waals surface area (Å²) < 4.78 is 0. The average Bonchev–Trinajstić information content (AvgIpc) is 2.63.